The number of benzene rings is 3. The van der Waals surface area contributed by atoms with Crippen molar-refractivity contribution < 1.29 is 19.1 Å². The molecule has 4 rings (SSSR count). The number of rotatable bonds is 6. The number of carbonyl (C=O) groups is 2. The van der Waals surface area contributed by atoms with Gasteiger partial charge in [0.25, 0.3) is 0 Å². The van der Waals surface area contributed by atoms with Gasteiger partial charge in [-0.3, -0.25) is 4.99 Å². The second-order valence-electron chi connectivity index (χ2n) is 6.69. The number of fused-ring (bicyclic) bond motifs is 1. The topological polar surface area (TPSA) is 65.0 Å². The van der Waals surface area contributed by atoms with Gasteiger partial charge in [0.05, 0.1) is 22.9 Å². The molecule has 0 saturated carbocycles. The van der Waals surface area contributed by atoms with Crippen LogP contribution in [-0.2, 0) is 4.74 Å². The van der Waals surface area contributed by atoms with Crippen LogP contribution < -0.4 is 4.74 Å². The van der Waals surface area contributed by atoms with E-state index in [-0.39, 0.29) is 5.97 Å². The van der Waals surface area contributed by atoms with E-state index in [1.165, 1.54) is 11.3 Å². The fourth-order valence-electron chi connectivity index (χ4n) is 3.01. The van der Waals surface area contributed by atoms with E-state index in [0.717, 1.165) is 10.1 Å². The zero-order chi connectivity index (χ0) is 22.5. The predicted octanol–water partition coefficient (Wildman–Crippen LogP) is 6.70. The van der Waals surface area contributed by atoms with Crippen LogP contribution in [0.25, 0.3) is 10.1 Å². The summed E-state index contributed by atoms with van der Waals surface area (Å²) in [5.74, 6) is -0.519. The van der Waals surface area contributed by atoms with E-state index in [0.29, 0.717) is 39.1 Å². The zero-order valence-electron chi connectivity index (χ0n) is 17.1. The summed E-state index contributed by atoms with van der Waals surface area (Å²) in [6, 6.07) is 21.4. The molecule has 160 valence electrons. The Hall–Kier alpha value is -3.48. The molecule has 0 aliphatic heterocycles. The third-order valence-corrected chi connectivity index (χ3v) is 6.23. The molecule has 7 heteroatoms. The fourth-order valence-corrected chi connectivity index (χ4v) is 4.40. The van der Waals surface area contributed by atoms with E-state index in [1.807, 2.05) is 30.3 Å². The van der Waals surface area contributed by atoms with Crippen LogP contribution in [0.3, 0.4) is 0 Å². The second-order valence-corrected chi connectivity index (χ2v) is 8.12. The van der Waals surface area contributed by atoms with Crippen LogP contribution in [0.5, 0.6) is 5.75 Å². The lowest BCUT2D eigenvalue weighted by Crippen LogP contribution is -2.08. The number of halogens is 1. The zero-order valence-corrected chi connectivity index (χ0v) is 18.7. The van der Waals surface area contributed by atoms with Crippen molar-refractivity contribution in [3.63, 3.8) is 0 Å². The Bertz CT molecular complexity index is 1310. The molecule has 0 radical (unpaired) electrons. The van der Waals surface area contributed by atoms with Gasteiger partial charge in [0.2, 0.25) is 0 Å². The van der Waals surface area contributed by atoms with Crippen LogP contribution in [0.15, 0.2) is 77.8 Å². The molecule has 0 aliphatic rings. The minimum Gasteiger partial charge on any atom is -0.462 e. The first-order chi connectivity index (χ1) is 15.6. The van der Waals surface area contributed by atoms with Gasteiger partial charge in [0, 0.05) is 21.9 Å². The summed E-state index contributed by atoms with van der Waals surface area (Å²) in [6.45, 7) is 2.08. The summed E-state index contributed by atoms with van der Waals surface area (Å²) >= 11 is 7.70. The lowest BCUT2D eigenvalue weighted by Gasteiger charge is -2.06. The molecule has 32 heavy (non-hydrogen) atoms. The van der Waals surface area contributed by atoms with E-state index in [2.05, 4.69) is 4.99 Å². The predicted molar refractivity (Wildman–Crippen MR) is 128 cm³/mol. The molecule has 0 fully saturated rings. The molecule has 1 aromatic heterocycles. The molecule has 0 atom stereocenters. The first-order valence-corrected chi connectivity index (χ1v) is 11.1. The SMILES string of the molecule is CCOC(=O)c1ccc(N=Cc2ccccc2OC(=O)c2sc3ccccc3c2Cl)cc1. The lowest BCUT2D eigenvalue weighted by atomic mass is 10.2. The number of para-hydroxylation sites is 1. The summed E-state index contributed by atoms with van der Waals surface area (Å²) in [4.78, 5) is 29.3. The number of aliphatic imine (C=N–C) groups is 1. The number of hydrogen-bond donors (Lipinski definition) is 0. The van der Waals surface area contributed by atoms with E-state index < -0.39 is 5.97 Å². The largest absolute Gasteiger partial charge is 0.462 e. The lowest BCUT2D eigenvalue weighted by molar-refractivity contribution is 0.0526. The van der Waals surface area contributed by atoms with Crippen LogP contribution in [0.4, 0.5) is 5.69 Å². The van der Waals surface area contributed by atoms with Crippen LogP contribution in [-0.4, -0.2) is 24.8 Å². The number of carbonyl (C=O) groups excluding carboxylic acids is 2. The standard InChI is InChI=1S/C25H18ClNO4S/c1-2-30-24(28)16-11-13-18(14-12-16)27-15-17-7-3-5-9-20(17)31-25(29)23-22(26)19-8-4-6-10-21(19)32-23/h3-15H,2H2,1H3. The second kappa shape index (κ2) is 9.77. The number of hydrogen-bond acceptors (Lipinski definition) is 6. The molecule has 0 bridgehead atoms. The van der Waals surface area contributed by atoms with Crippen LogP contribution in [0, 0.1) is 0 Å². The molecule has 1 heterocycles. The van der Waals surface area contributed by atoms with Gasteiger partial charge in [-0.2, -0.15) is 0 Å². The van der Waals surface area contributed by atoms with Crippen molar-refractivity contribution in [3.05, 3.63) is 93.8 Å². The molecule has 0 unspecified atom stereocenters. The van der Waals surface area contributed by atoms with Crippen molar-refractivity contribution in [2.75, 3.05) is 6.61 Å². The Morgan fingerprint density at radius 2 is 1.69 bits per heavy atom. The number of nitrogens with zero attached hydrogens (tertiary/aromatic N) is 1. The smallest absolute Gasteiger partial charge is 0.355 e. The maximum atomic E-state index is 12.8. The molecule has 0 N–H and O–H groups in total. The minimum absolute atomic E-state index is 0.320. The molecular formula is C25H18ClNO4S. The van der Waals surface area contributed by atoms with Gasteiger partial charge < -0.3 is 9.47 Å². The van der Waals surface area contributed by atoms with E-state index in [4.69, 9.17) is 21.1 Å². The quantitative estimate of drug-likeness (QED) is 0.181. The Morgan fingerprint density at radius 3 is 2.44 bits per heavy atom. The Kier molecular flexibility index (Phi) is 6.63. The summed E-state index contributed by atoms with van der Waals surface area (Å²) in [6.07, 6.45) is 1.61. The highest BCUT2D eigenvalue weighted by molar-refractivity contribution is 7.21. The van der Waals surface area contributed by atoms with Gasteiger partial charge in [0.15, 0.2) is 0 Å². The van der Waals surface area contributed by atoms with E-state index in [1.54, 1.807) is 55.6 Å². The van der Waals surface area contributed by atoms with Gasteiger partial charge in [-0.05, 0) is 49.4 Å². The van der Waals surface area contributed by atoms with Crippen molar-refractivity contribution in [1.29, 1.82) is 0 Å². The third-order valence-electron chi connectivity index (χ3n) is 4.57. The number of thiophene rings is 1. The molecule has 5 nitrogen and oxygen atoms in total. The highest BCUT2D eigenvalue weighted by Gasteiger charge is 2.19. The van der Waals surface area contributed by atoms with Gasteiger partial charge in [-0.25, -0.2) is 9.59 Å². The van der Waals surface area contributed by atoms with Crippen molar-refractivity contribution >= 4 is 56.9 Å². The number of esters is 2. The van der Waals surface area contributed by atoms with Crippen molar-refractivity contribution in [1.82, 2.24) is 0 Å². The van der Waals surface area contributed by atoms with E-state index in [9.17, 15) is 9.59 Å². The van der Waals surface area contributed by atoms with Crippen LogP contribution in [0.2, 0.25) is 5.02 Å². The van der Waals surface area contributed by atoms with Crippen LogP contribution >= 0.6 is 22.9 Å². The fraction of sp³-hybridized carbons (Fsp3) is 0.0800. The summed E-state index contributed by atoms with van der Waals surface area (Å²) in [5.41, 5.74) is 1.74. The Balaban J connectivity index is 1.53. The first-order valence-electron chi connectivity index (χ1n) is 9.86. The monoisotopic (exact) mass is 463 g/mol. The van der Waals surface area contributed by atoms with E-state index >= 15 is 0 Å². The molecule has 4 aromatic rings. The number of ether oxygens (including phenoxy) is 2. The highest BCUT2D eigenvalue weighted by Crippen LogP contribution is 2.36. The Labute approximate surface area is 193 Å². The van der Waals surface area contributed by atoms with Gasteiger partial charge in [0.1, 0.15) is 10.6 Å². The molecule has 0 amide bonds. The van der Waals surface area contributed by atoms with Crippen molar-refractivity contribution in [2.45, 2.75) is 6.92 Å². The summed E-state index contributed by atoms with van der Waals surface area (Å²) < 4.78 is 11.5. The average molecular weight is 464 g/mol. The molecule has 0 saturated heterocycles. The molecule has 0 aliphatic carbocycles. The van der Waals surface area contributed by atoms with Gasteiger partial charge in [-0.1, -0.05) is 41.9 Å². The first kappa shape index (κ1) is 21.7. The van der Waals surface area contributed by atoms with Gasteiger partial charge >= 0.3 is 11.9 Å². The molecule has 3 aromatic carbocycles. The third kappa shape index (κ3) is 4.72. The summed E-state index contributed by atoms with van der Waals surface area (Å²) in [7, 11) is 0. The van der Waals surface area contributed by atoms with Crippen molar-refractivity contribution in [3.8, 4) is 5.75 Å². The maximum absolute atomic E-state index is 12.8. The average Bonchev–Trinajstić information content (AvgIpc) is 3.16. The molecular weight excluding hydrogens is 446 g/mol. The maximum Gasteiger partial charge on any atom is 0.355 e. The minimum atomic E-state index is -0.518. The normalized spacial score (nSPS) is 11.1. The van der Waals surface area contributed by atoms with Gasteiger partial charge in [-0.15, -0.1) is 11.3 Å². The summed E-state index contributed by atoms with van der Waals surface area (Å²) in [5, 5.41) is 1.22. The highest BCUT2D eigenvalue weighted by atomic mass is 35.5. The Morgan fingerprint density at radius 1 is 0.969 bits per heavy atom. The van der Waals surface area contributed by atoms with Crippen LogP contribution in [0.1, 0.15) is 32.5 Å². The van der Waals surface area contributed by atoms with Crippen molar-refractivity contribution in [2.24, 2.45) is 4.99 Å². The molecule has 0 spiro atoms.